The van der Waals surface area contributed by atoms with Gasteiger partial charge in [0, 0.05) is 25.7 Å². The molecule has 0 aliphatic carbocycles. The van der Waals surface area contributed by atoms with E-state index in [0.29, 0.717) is 16.7 Å². The molecule has 1 unspecified atom stereocenters. The van der Waals surface area contributed by atoms with Gasteiger partial charge in [0.1, 0.15) is 16.5 Å². The lowest BCUT2D eigenvalue weighted by Gasteiger charge is -2.39. The number of piperazine rings is 1. The first-order valence-corrected chi connectivity index (χ1v) is 6.63. The van der Waals surface area contributed by atoms with E-state index in [0.717, 1.165) is 32.0 Å². The van der Waals surface area contributed by atoms with Gasteiger partial charge in [0.25, 0.3) is 0 Å². The van der Waals surface area contributed by atoms with E-state index in [9.17, 15) is 0 Å². The SMILES string of the molecule is CCN1CCN(c2cnc(C(N)=S)cn2)CC1C. The molecular weight excluding hydrogens is 246 g/mol. The monoisotopic (exact) mass is 265 g/mol. The number of anilines is 1. The topological polar surface area (TPSA) is 58.3 Å². The second-order valence-corrected chi connectivity index (χ2v) is 4.99. The molecule has 2 heterocycles. The first-order valence-electron chi connectivity index (χ1n) is 6.22. The van der Waals surface area contributed by atoms with Crippen molar-refractivity contribution in [3.63, 3.8) is 0 Å². The van der Waals surface area contributed by atoms with Crippen molar-refractivity contribution >= 4 is 23.0 Å². The van der Waals surface area contributed by atoms with E-state index >= 15 is 0 Å². The predicted octanol–water partition coefficient (Wildman–Crippen LogP) is 0.641. The van der Waals surface area contributed by atoms with Crippen molar-refractivity contribution in [2.75, 3.05) is 31.1 Å². The molecule has 2 rings (SSSR count). The van der Waals surface area contributed by atoms with Crippen LogP contribution >= 0.6 is 12.2 Å². The van der Waals surface area contributed by atoms with Crippen LogP contribution in [0.3, 0.4) is 0 Å². The van der Waals surface area contributed by atoms with Crippen LogP contribution in [0.15, 0.2) is 12.4 Å². The van der Waals surface area contributed by atoms with E-state index in [1.54, 1.807) is 12.4 Å². The molecule has 0 amide bonds. The minimum absolute atomic E-state index is 0.290. The Bertz CT molecular complexity index is 419. The van der Waals surface area contributed by atoms with Crippen molar-refractivity contribution in [1.29, 1.82) is 0 Å². The molecular formula is C12H19N5S. The third kappa shape index (κ3) is 2.76. The number of likely N-dealkylation sites (N-methyl/N-ethyl adjacent to an activating group) is 1. The van der Waals surface area contributed by atoms with Crippen LogP contribution in [0.2, 0.25) is 0 Å². The molecule has 1 saturated heterocycles. The molecule has 1 aliphatic rings. The van der Waals surface area contributed by atoms with Crippen molar-refractivity contribution in [2.45, 2.75) is 19.9 Å². The maximum atomic E-state index is 5.51. The zero-order chi connectivity index (χ0) is 13.1. The van der Waals surface area contributed by atoms with Crippen molar-refractivity contribution in [3.8, 4) is 0 Å². The van der Waals surface area contributed by atoms with Crippen LogP contribution in [0.4, 0.5) is 5.82 Å². The van der Waals surface area contributed by atoms with Crippen LogP contribution in [-0.4, -0.2) is 52.1 Å². The summed E-state index contributed by atoms with van der Waals surface area (Å²) in [7, 11) is 0. The lowest BCUT2D eigenvalue weighted by atomic mass is 10.2. The summed E-state index contributed by atoms with van der Waals surface area (Å²) in [4.78, 5) is 13.6. The summed E-state index contributed by atoms with van der Waals surface area (Å²) in [5.41, 5.74) is 6.09. The Labute approximate surface area is 113 Å². The van der Waals surface area contributed by atoms with Gasteiger partial charge in [-0.15, -0.1) is 0 Å². The van der Waals surface area contributed by atoms with Crippen molar-refractivity contribution in [3.05, 3.63) is 18.1 Å². The van der Waals surface area contributed by atoms with E-state index in [4.69, 9.17) is 18.0 Å². The minimum atomic E-state index is 0.290. The van der Waals surface area contributed by atoms with Gasteiger partial charge in [0.05, 0.1) is 12.4 Å². The van der Waals surface area contributed by atoms with E-state index < -0.39 is 0 Å². The summed E-state index contributed by atoms with van der Waals surface area (Å²) in [5.74, 6) is 0.901. The number of hydrogen-bond donors (Lipinski definition) is 1. The largest absolute Gasteiger partial charge is 0.388 e. The summed E-state index contributed by atoms with van der Waals surface area (Å²) < 4.78 is 0. The fourth-order valence-corrected chi connectivity index (χ4v) is 2.39. The number of nitrogens with two attached hydrogens (primary N) is 1. The van der Waals surface area contributed by atoms with Gasteiger partial charge in [-0.3, -0.25) is 4.90 Å². The molecule has 0 bridgehead atoms. The van der Waals surface area contributed by atoms with Gasteiger partial charge in [-0.1, -0.05) is 19.1 Å². The fraction of sp³-hybridized carbons (Fsp3) is 0.583. The standard InChI is InChI=1S/C12H19N5S/c1-3-16-4-5-17(8-9(16)2)11-7-14-10(6-15-11)12(13)18/h6-7,9H,3-5,8H2,1-2H3,(H2,13,18). The van der Waals surface area contributed by atoms with Crippen LogP contribution in [0.25, 0.3) is 0 Å². The van der Waals surface area contributed by atoms with Crippen molar-refractivity contribution in [1.82, 2.24) is 14.9 Å². The Hall–Kier alpha value is -1.27. The number of nitrogens with zero attached hydrogens (tertiary/aromatic N) is 4. The summed E-state index contributed by atoms with van der Waals surface area (Å²) in [6.45, 7) is 8.57. The van der Waals surface area contributed by atoms with Gasteiger partial charge < -0.3 is 10.6 Å². The van der Waals surface area contributed by atoms with Crippen LogP contribution in [-0.2, 0) is 0 Å². The van der Waals surface area contributed by atoms with Gasteiger partial charge in [-0.25, -0.2) is 9.97 Å². The molecule has 0 radical (unpaired) electrons. The molecule has 2 N–H and O–H groups in total. The van der Waals surface area contributed by atoms with Crippen molar-refractivity contribution < 1.29 is 0 Å². The normalized spacial score (nSPS) is 21.0. The Morgan fingerprint density at radius 2 is 2.22 bits per heavy atom. The lowest BCUT2D eigenvalue weighted by Crippen LogP contribution is -2.52. The summed E-state index contributed by atoms with van der Waals surface area (Å²) in [5, 5.41) is 0. The highest BCUT2D eigenvalue weighted by Crippen LogP contribution is 2.15. The maximum Gasteiger partial charge on any atom is 0.147 e. The zero-order valence-corrected chi connectivity index (χ0v) is 11.7. The number of rotatable bonds is 3. The predicted molar refractivity (Wildman–Crippen MR) is 76.8 cm³/mol. The molecule has 1 fully saturated rings. The fourth-order valence-electron chi connectivity index (χ4n) is 2.28. The van der Waals surface area contributed by atoms with E-state index in [-0.39, 0.29) is 0 Å². The summed E-state index contributed by atoms with van der Waals surface area (Å²) in [6, 6.07) is 0.542. The molecule has 0 spiro atoms. The number of hydrogen-bond acceptors (Lipinski definition) is 5. The minimum Gasteiger partial charge on any atom is -0.388 e. The molecule has 6 heteroatoms. The average molecular weight is 265 g/mol. The second-order valence-electron chi connectivity index (χ2n) is 4.55. The van der Waals surface area contributed by atoms with Crippen molar-refractivity contribution in [2.24, 2.45) is 5.73 Å². The van der Waals surface area contributed by atoms with Gasteiger partial charge in [0.2, 0.25) is 0 Å². The molecule has 1 aromatic rings. The van der Waals surface area contributed by atoms with Crippen LogP contribution in [0.5, 0.6) is 0 Å². The van der Waals surface area contributed by atoms with E-state index in [1.807, 2.05) is 0 Å². The van der Waals surface area contributed by atoms with Crippen LogP contribution < -0.4 is 10.6 Å². The second kappa shape index (κ2) is 5.58. The molecule has 98 valence electrons. The third-order valence-corrected chi connectivity index (χ3v) is 3.60. The quantitative estimate of drug-likeness (QED) is 0.810. The number of aromatic nitrogens is 2. The van der Waals surface area contributed by atoms with E-state index in [2.05, 4.69) is 33.6 Å². The smallest absolute Gasteiger partial charge is 0.147 e. The Kier molecular flexibility index (Phi) is 4.08. The summed E-state index contributed by atoms with van der Waals surface area (Å²) >= 11 is 4.87. The molecule has 1 aliphatic heterocycles. The van der Waals surface area contributed by atoms with Crippen LogP contribution in [0, 0.1) is 0 Å². The maximum absolute atomic E-state index is 5.51. The average Bonchev–Trinajstić information content (AvgIpc) is 2.38. The molecule has 0 aromatic carbocycles. The highest BCUT2D eigenvalue weighted by Gasteiger charge is 2.23. The molecule has 1 aromatic heterocycles. The zero-order valence-electron chi connectivity index (χ0n) is 10.8. The number of thiocarbonyl (C=S) groups is 1. The Morgan fingerprint density at radius 1 is 1.44 bits per heavy atom. The van der Waals surface area contributed by atoms with Gasteiger partial charge in [0.15, 0.2) is 0 Å². The Morgan fingerprint density at radius 3 is 2.72 bits per heavy atom. The molecule has 0 saturated carbocycles. The van der Waals surface area contributed by atoms with Gasteiger partial charge >= 0.3 is 0 Å². The summed E-state index contributed by atoms with van der Waals surface area (Å²) in [6.07, 6.45) is 3.40. The highest BCUT2D eigenvalue weighted by atomic mass is 32.1. The third-order valence-electron chi connectivity index (χ3n) is 3.39. The van der Waals surface area contributed by atoms with Crippen LogP contribution in [0.1, 0.15) is 19.5 Å². The molecule has 18 heavy (non-hydrogen) atoms. The first kappa shape index (κ1) is 13.2. The van der Waals surface area contributed by atoms with Gasteiger partial charge in [-0.05, 0) is 13.5 Å². The first-order chi connectivity index (χ1) is 8.61. The molecule has 1 atom stereocenters. The highest BCUT2D eigenvalue weighted by molar-refractivity contribution is 7.80. The van der Waals surface area contributed by atoms with Gasteiger partial charge in [-0.2, -0.15) is 0 Å². The Balaban J connectivity index is 2.06. The molecule has 5 nitrogen and oxygen atoms in total. The van der Waals surface area contributed by atoms with E-state index in [1.165, 1.54) is 0 Å². The lowest BCUT2D eigenvalue weighted by molar-refractivity contribution is 0.199.